The van der Waals surface area contributed by atoms with Gasteiger partial charge in [-0.3, -0.25) is 14.4 Å². The average molecular weight is 370 g/mol. The highest BCUT2D eigenvalue weighted by Gasteiger charge is 2.24. The second kappa shape index (κ2) is 8.84. The first-order chi connectivity index (χ1) is 13.0. The van der Waals surface area contributed by atoms with Gasteiger partial charge in [0.05, 0.1) is 0 Å². The molecule has 2 amide bonds. The van der Waals surface area contributed by atoms with Crippen LogP contribution in [0.4, 0.5) is 0 Å². The van der Waals surface area contributed by atoms with Crippen LogP contribution in [-0.2, 0) is 9.59 Å². The predicted molar refractivity (Wildman–Crippen MR) is 101 cm³/mol. The zero-order valence-corrected chi connectivity index (χ0v) is 15.7. The van der Waals surface area contributed by atoms with Crippen LogP contribution in [0.3, 0.4) is 0 Å². The van der Waals surface area contributed by atoms with E-state index in [2.05, 4.69) is 5.32 Å². The lowest BCUT2D eigenvalue weighted by Gasteiger charge is -2.32. The van der Waals surface area contributed by atoms with E-state index in [1.165, 1.54) is 25.3 Å². The summed E-state index contributed by atoms with van der Waals surface area (Å²) in [5, 5.41) is 3.06. The molecular formula is C21H26N2O4. The van der Waals surface area contributed by atoms with Crippen molar-refractivity contribution in [2.45, 2.75) is 51.5 Å². The molecule has 6 heteroatoms. The third-order valence-electron chi connectivity index (χ3n) is 5.05. The molecule has 6 nitrogen and oxygen atoms in total. The fourth-order valence-electron chi connectivity index (χ4n) is 3.67. The van der Waals surface area contributed by atoms with Gasteiger partial charge in [0.15, 0.2) is 0 Å². The molecule has 1 aromatic carbocycles. The third kappa shape index (κ3) is 5.42. The van der Waals surface area contributed by atoms with Gasteiger partial charge in [-0.15, -0.1) is 0 Å². The summed E-state index contributed by atoms with van der Waals surface area (Å²) >= 11 is 0. The van der Waals surface area contributed by atoms with Crippen molar-refractivity contribution in [3.8, 4) is 5.75 Å². The van der Waals surface area contributed by atoms with Gasteiger partial charge >= 0.3 is 5.97 Å². The summed E-state index contributed by atoms with van der Waals surface area (Å²) in [6.45, 7) is 2.52. The molecule has 0 radical (unpaired) electrons. The number of benzene rings is 1. The molecule has 0 atom stereocenters. The molecule has 1 heterocycles. The predicted octanol–water partition coefficient (Wildman–Crippen LogP) is 2.83. The Labute approximate surface area is 159 Å². The zero-order chi connectivity index (χ0) is 19.2. The number of amides is 2. The molecule has 1 aromatic rings. The van der Waals surface area contributed by atoms with E-state index >= 15 is 0 Å². The van der Waals surface area contributed by atoms with Crippen molar-refractivity contribution >= 4 is 17.8 Å². The Morgan fingerprint density at radius 2 is 1.85 bits per heavy atom. The van der Waals surface area contributed by atoms with Crippen molar-refractivity contribution in [3.05, 3.63) is 41.5 Å². The molecule has 0 bridgehead atoms. The highest BCUT2D eigenvalue weighted by Crippen LogP contribution is 2.23. The van der Waals surface area contributed by atoms with E-state index in [1.54, 1.807) is 35.2 Å². The molecule has 1 aliphatic carbocycles. The molecular weight excluding hydrogens is 344 g/mol. The lowest BCUT2D eigenvalue weighted by Crippen LogP contribution is -2.46. The lowest BCUT2D eigenvalue weighted by atomic mass is 10.0. The van der Waals surface area contributed by atoms with Gasteiger partial charge in [-0.25, -0.2) is 0 Å². The maximum absolute atomic E-state index is 12.7. The average Bonchev–Trinajstić information content (AvgIpc) is 3.14. The number of nitrogens with one attached hydrogen (secondary N) is 1. The van der Waals surface area contributed by atoms with Crippen LogP contribution in [0.15, 0.2) is 35.9 Å². The third-order valence-corrected chi connectivity index (χ3v) is 5.05. The topological polar surface area (TPSA) is 75.7 Å². The van der Waals surface area contributed by atoms with Crippen LogP contribution in [0.5, 0.6) is 5.75 Å². The molecule has 2 fully saturated rings. The van der Waals surface area contributed by atoms with Gasteiger partial charge in [0.25, 0.3) is 5.91 Å². The Morgan fingerprint density at radius 3 is 2.52 bits per heavy atom. The van der Waals surface area contributed by atoms with E-state index in [0.29, 0.717) is 24.4 Å². The molecule has 3 rings (SSSR count). The minimum Gasteiger partial charge on any atom is -0.427 e. The molecule has 1 saturated carbocycles. The lowest BCUT2D eigenvalue weighted by molar-refractivity contribution is -0.131. The molecule has 2 aliphatic rings. The van der Waals surface area contributed by atoms with Gasteiger partial charge < -0.3 is 15.0 Å². The summed E-state index contributed by atoms with van der Waals surface area (Å²) in [4.78, 5) is 37.7. The number of carbonyl (C=O) groups excluding carboxylic acids is 3. The highest BCUT2D eigenvalue weighted by molar-refractivity contribution is 5.95. The number of ether oxygens (including phenoxy) is 1. The first kappa shape index (κ1) is 19.1. The Balaban J connectivity index is 1.51. The standard InChI is InChI=1S/C21H26N2O4/c1-15(24)27-19-8-4-7-17(14-19)21(26)23-11-9-18(10-12-23)22-20(25)13-16-5-2-3-6-16/h4,7-8,13-14,18H,2-3,5-6,9-12H2,1H3,(H,22,25). The minimum atomic E-state index is -0.413. The molecule has 0 aromatic heterocycles. The van der Waals surface area contributed by atoms with Gasteiger partial charge in [-0.2, -0.15) is 0 Å². The summed E-state index contributed by atoms with van der Waals surface area (Å²) in [5.74, 6) is -0.133. The van der Waals surface area contributed by atoms with Crippen molar-refractivity contribution in [3.63, 3.8) is 0 Å². The summed E-state index contributed by atoms with van der Waals surface area (Å²) < 4.78 is 5.05. The second-order valence-electron chi connectivity index (χ2n) is 7.21. The maximum atomic E-state index is 12.7. The van der Waals surface area contributed by atoms with Crippen molar-refractivity contribution in [2.75, 3.05) is 13.1 Å². The molecule has 1 aliphatic heterocycles. The number of rotatable bonds is 4. The SMILES string of the molecule is CC(=O)Oc1cccc(C(=O)N2CCC(NC(=O)C=C3CCCC3)CC2)c1. The zero-order valence-electron chi connectivity index (χ0n) is 15.7. The van der Waals surface area contributed by atoms with Crippen molar-refractivity contribution in [2.24, 2.45) is 0 Å². The first-order valence-corrected chi connectivity index (χ1v) is 9.59. The molecule has 0 unspecified atom stereocenters. The van der Waals surface area contributed by atoms with Crippen LogP contribution >= 0.6 is 0 Å². The van der Waals surface area contributed by atoms with Crippen LogP contribution in [0, 0.1) is 0 Å². The van der Waals surface area contributed by atoms with Crippen LogP contribution in [0.1, 0.15) is 55.8 Å². The van der Waals surface area contributed by atoms with E-state index in [1.807, 2.05) is 0 Å². The van der Waals surface area contributed by atoms with E-state index < -0.39 is 5.97 Å². The largest absolute Gasteiger partial charge is 0.427 e. The van der Waals surface area contributed by atoms with Crippen LogP contribution in [0.25, 0.3) is 0 Å². The minimum absolute atomic E-state index is 0.00856. The maximum Gasteiger partial charge on any atom is 0.308 e. The number of allylic oxidation sites excluding steroid dienone is 1. The quantitative estimate of drug-likeness (QED) is 0.502. The molecule has 0 spiro atoms. The van der Waals surface area contributed by atoms with E-state index in [-0.39, 0.29) is 17.9 Å². The number of hydrogen-bond acceptors (Lipinski definition) is 4. The number of carbonyl (C=O) groups is 3. The normalized spacial score (nSPS) is 17.5. The summed E-state index contributed by atoms with van der Waals surface area (Å²) in [5.41, 5.74) is 1.75. The van der Waals surface area contributed by atoms with E-state index in [4.69, 9.17) is 4.74 Å². The fourth-order valence-corrected chi connectivity index (χ4v) is 3.67. The Morgan fingerprint density at radius 1 is 1.15 bits per heavy atom. The number of esters is 1. The molecule has 1 N–H and O–H groups in total. The van der Waals surface area contributed by atoms with Gasteiger partial charge in [-0.05, 0) is 56.7 Å². The van der Waals surface area contributed by atoms with Crippen LogP contribution in [-0.4, -0.2) is 41.8 Å². The Kier molecular flexibility index (Phi) is 6.27. The number of piperidine rings is 1. The Bertz CT molecular complexity index is 740. The Hall–Kier alpha value is -2.63. The number of hydrogen-bond donors (Lipinski definition) is 1. The first-order valence-electron chi connectivity index (χ1n) is 9.59. The summed E-state index contributed by atoms with van der Waals surface area (Å²) in [7, 11) is 0. The van der Waals surface area contributed by atoms with E-state index in [0.717, 1.165) is 25.7 Å². The van der Waals surface area contributed by atoms with Gasteiger partial charge in [0.2, 0.25) is 5.91 Å². The highest BCUT2D eigenvalue weighted by atomic mass is 16.5. The number of nitrogens with zero attached hydrogens (tertiary/aromatic N) is 1. The summed E-state index contributed by atoms with van der Waals surface area (Å²) in [6.07, 6.45) is 7.66. The fraction of sp³-hybridized carbons (Fsp3) is 0.476. The molecule has 144 valence electrons. The van der Waals surface area contributed by atoms with Crippen molar-refractivity contribution < 1.29 is 19.1 Å². The molecule has 1 saturated heterocycles. The van der Waals surface area contributed by atoms with Crippen LogP contribution < -0.4 is 10.1 Å². The second-order valence-corrected chi connectivity index (χ2v) is 7.21. The van der Waals surface area contributed by atoms with Gasteiger partial charge in [0.1, 0.15) is 5.75 Å². The van der Waals surface area contributed by atoms with Crippen molar-refractivity contribution in [1.82, 2.24) is 10.2 Å². The smallest absolute Gasteiger partial charge is 0.308 e. The van der Waals surface area contributed by atoms with Crippen LogP contribution in [0.2, 0.25) is 0 Å². The van der Waals surface area contributed by atoms with Gasteiger partial charge in [-0.1, -0.05) is 11.6 Å². The van der Waals surface area contributed by atoms with Crippen molar-refractivity contribution in [1.29, 1.82) is 0 Å². The molecule has 27 heavy (non-hydrogen) atoms. The number of likely N-dealkylation sites (tertiary alicyclic amines) is 1. The monoisotopic (exact) mass is 370 g/mol. The van der Waals surface area contributed by atoms with Gasteiger partial charge in [0, 0.05) is 37.7 Å². The summed E-state index contributed by atoms with van der Waals surface area (Å²) in [6, 6.07) is 6.77. The van der Waals surface area contributed by atoms with E-state index in [9.17, 15) is 14.4 Å².